The molecule has 1 aromatic heterocycles. The summed E-state index contributed by atoms with van der Waals surface area (Å²) in [7, 11) is 1.18. The quantitative estimate of drug-likeness (QED) is 0.0909. The van der Waals surface area contributed by atoms with E-state index in [9.17, 15) is 18.0 Å². The highest BCUT2D eigenvalue weighted by atomic mass is 35.5. The Labute approximate surface area is 272 Å². The van der Waals surface area contributed by atoms with Gasteiger partial charge in [-0.05, 0) is 42.5 Å². The molecule has 1 aliphatic heterocycles. The second-order valence-electron chi connectivity index (χ2n) is 9.98. The van der Waals surface area contributed by atoms with Crippen LogP contribution in [-0.2, 0) is 9.53 Å². The number of carbonyl (C=O) groups excluding carboxylic acids is 1. The van der Waals surface area contributed by atoms with Gasteiger partial charge in [-0.2, -0.15) is 13.2 Å². The Bertz CT molecular complexity index is 1710. The number of esters is 1. The van der Waals surface area contributed by atoms with E-state index < -0.39 is 36.2 Å². The number of hydrogen-bond donors (Lipinski definition) is 0. The molecule has 9 nitrogen and oxygen atoms in total. The van der Waals surface area contributed by atoms with Gasteiger partial charge in [0.05, 0.1) is 10.7 Å². The van der Waals surface area contributed by atoms with Crippen LogP contribution in [0.5, 0.6) is 28.9 Å². The zero-order valence-electron chi connectivity index (χ0n) is 25.0. The lowest BCUT2D eigenvalue weighted by atomic mass is 10.2. The summed E-state index contributed by atoms with van der Waals surface area (Å²) in [4.78, 5) is 17.3. The van der Waals surface area contributed by atoms with Crippen molar-refractivity contribution >= 4 is 23.3 Å². The number of rotatable bonds is 11. The minimum absolute atomic E-state index is 0.0210. The predicted octanol–water partition coefficient (Wildman–Crippen LogP) is 7.57. The van der Waals surface area contributed by atoms with Gasteiger partial charge in [-0.15, -0.1) is 0 Å². The van der Waals surface area contributed by atoms with Gasteiger partial charge in [-0.25, -0.2) is 9.37 Å². The second kappa shape index (κ2) is 14.5. The smallest absolute Gasteiger partial charge is 0.431 e. The molecule has 0 amide bonds. The Morgan fingerprint density at radius 3 is 2.21 bits per heavy atom. The third-order valence-electron chi connectivity index (χ3n) is 6.66. The number of pyridine rings is 1. The number of aromatic nitrogens is 1. The van der Waals surface area contributed by atoms with E-state index in [4.69, 9.17) is 35.3 Å². The third kappa shape index (κ3) is 8.17. The molecular weight excluding hydrogens is 646 g/mol. The third-order valence-corrected chi connectivity index (χ3v) is 6.96. The molecule has 0 bridgehead atoms. The monoisotopic (exact) mass is 673 g/mol. The first-order valence-electron chi connectivity index (χ1n) is 14.1. The van der Waals surface area contributed by atoms with Crippen LogP contribution in [0, 0.1) is 5.82 Å². The Kier molecular flexibility index (Phi) is 10.2. The number of alkyl halides is 3. The first kappa shape index (κ1) is 33.2. The Morgan fingerprint density at radius 1 is 0.915 bits per heavy atom. The number of nitrogens with zero attached hydrogens (tertiary/aromatic N) is 3. The van der Waals surface area contributed by atoms with E-state index in [2.05, 4.69) is 4.98 Å². The molecule has 246 valence electrons. The second-order valence-corrected chi connectivity index (χ2v) is 10.4. The summed E-state index contributed by atoms with van der Waals surface area (Å²) < 4.78 is 87.7. The van der Waals surface area contributed by atoms with Crippen LogP contribution in [0.1, 0.15) is 6.92 Å². The molecule has 0 saturated heterocycles. The van der Waals surface area contributed by atoms with Crippen LogP contribution >= 0.6 is 11.6 Å². The van der Waals surface area contributed by atoms with Crippen molar-refractivity contribution in [1.82, 2.24) is 9.88 Å². The molecule has 0 saturated carbocycles. The average molecular weight is 674 g/mol. The molecule has 0 radical (unpaired) electrons. The van der Waals surface area contributed by atoms with Gasteiger partial charge in [-0.1, -0.05) is 48.0 Å². The van der Waals surface area contributed by atoms with Crippen LogP contribution in [0.4, 0.5) is 23.2 Å². The number of allylic oxidation sites excluding steroid dienone is 1. The molecule has 2 unspecified atom stereocenters. The number of hydrogen-bond acceptors (Lipinski definition) is 9. The van der Waals surface area contributed by atoms with Crippen LogP contribution in [0.2, 0.25) is 5.02 Å². The van der Waals surface area contributed by atoms with Crippen molar-refractivity contribution in [2.75, 3.05) is 25.2 Å². The maximum absolute atomic E-state index is 16.0. The summed E-state index contributed by atoms with van der Waals surface area (Å²) in [6, 6.07) is 21.5. The van der Waals surface area contributed by atoms with E-state index in [1.807, 2.05) is 0 Å². The largest absolute Gasteiger partial charge is 0.471 e. The maximum Gasteiger partial charge on any atom is 0.431 e. The first-order chi connectivity index (χ1) is 22.5. The summed E-state index contributed by atoms with van der Waals surface area (Å²) in [5, 5.41) is -0.154. The van der Waals surface area contributed by atoms with E-state index in [0.29, 0.717) is 0 Å². The molecule has 2 heterocycles. The lowest BCUT2D eigenvalue weighted by Crippen LogP contribution is -2.60. The predicted molar refractivity (Wildman–Crippen MR) is 164 cm³/mol. The van der Waals surface area contributed by atoms with Crippen molar-refractivity contribution in [1.29, 1.82) is 0 Å². The van der Waals surface area contributed by atoms with E-state index in [1.54, 1.807) is 66.7 Å². The highest BCUT2D eigenvalue weighted by molar-refractivity contribution is 6.32. The van der Waals surface area contributed by atoms with Crippen molar-refractivity contribution in [2.45, 2.75) is 25.7 Å². The molecule has 14 heteroatoms. The van der Waals surface area contributed by atoms with Crippen molar-refractivity contribution in [2.24, 2.45) is 0 Å². The molecule has 4 aromatic rings. The molecule has 0 aliphatic carbocycles. The fourth-order valence-electron chi connectivity index (χ4n) is 4.60. The molecule has 1 aliphatic rings. The van der Waals surface area contributed by atoms with E-state index in [0.717, 1.165) is 17.0 Å². The van der Waals surface area contributed by atoms with E-state index >= 15 is 4.39 Å². The molecule has 5 rings (SSSR count). The zero-order valence-corrected chi connectivity index (χ0v) is 25.7. The van der Waals surface area contributed by atoms with Gasteiger partial charge in [-0.3, -0.25) is 9.69 Å². The van der Waals surface area contributed by atoms with Gasteiger partial charge >= 0.3 is 12.1 Å². The van der Waals surface area contributed by atoms with Gasteiger partial charge in [0.15, 0.2) is 12.0 Å². The van der Waals surface area contributed by atoms with Gasteiger partial charge < -0.3 is 28.6 Å². The SMILES string of the molecule is CC(=O)OCCOc1ncccc1Oc1cc(N2C(Oc3ccccc3)C=C(C(F)(F)F)N(C)C2Oc2ccccc2)c(F)cc1Cl. The highest BCUT2D eigenvalue weighted by Gasteiger charge is 2.48. The zero-order chi connectivity index (χ0) is 33.6. The molecular formula is C33H28ClF4N3O6. The summed E-state index contributed by atoms with van der Waals surface area (Å²) in [5.41, 5.74) is -1.32. The van der Waals surface area contributed by atoms with Crippen LogP contribution in [0.15, 0.2) is 103 Å². The van der Waals surface area contributed by atoms with Crippen LogP contribution in [0.3, 0.4) is 0 Å². The number of carbonyl (C=O) groups is 1. The average Bonchev–Trinajstić information content (AvgIpc) is 3.03. The molecule has 0 N–H and O–H groups in total. The lowest BCUT2D eigenvalue weighted by molar-refractivity contribution is -0.141. The van der Waals surface area contributed by atoms with Gasteiger partial charge in [0.2, 0.25) is 0 Å². The Hall–Kier alpha value is -5.17. The molecule has 0 fully saturated rings. The number of ether oxygens (including phenoxy) is 5. The van der Waals surface area contributed by atoms with Gasteiger partial charge in [0, 0.05) is 32.3 Å². The van der Waals surface area contributed by atoms with Crippen molar-refractivity contribution in [3.63, 3.8) is 0 Å². The van der Waals surface area contributed by atoms with Crippen LogP contribution < -0.4 is 23.8 Å². The van der Waals surface area contributed by atoms with Crippen LogP contribution in [0.25, 0.3) is 0 Å². The minimum atomic E-state index is -4.81. The van der Waals surface area contributed by atoms with E-state index in [1.165, 1.54) is 37.2 Å². The van der Waals surface area contributed by atoms with Crippen molar-refractivity contribution in [3.05, 3.63) is 114 Å². The molecule has 0 spiro atoms. The number of benzene rings is 3. The molecule has 3 aromatic carbocycles. The van der Waals surface area contributed by atoms with Gasteiger partial charge in [0.1, 0.15) is 42.0 Å². The Morgan fingerprint density at radius 2 is 1.57 bits per heavy atom. The number of halogens is 5. The fraction of sp³-hybridized carbons (Fsp3) is 0.212. The molecule has 2 atom stereocenters. The van der Waals surface area contributed by atoms with Gasteiger partial charge in [0.25, 0.3) is 12.2 Å². The molecule has 47 heavy (non-hydrogen) atoms. The summed E-state index contributed by atoms with van der Waals surface area (Å²) in [6.45, 7) is 1.17. The van der Waals surface area contributed by atoms with Crippen LogP contribution in [-0.4, -0.2) is 54.9 Å². The van der Waals surface area contributed by atoms with Crippen molar-refractivity contribution in [3.8, 4) is 28.9 Å². The fourth-order valence-corrected chi connectivity index (χ4v) is 4.79. The normalized spacial score (nSPS) is 16.3. The maximum atomic E-state index is 16.0. The summed E-state index contributed by atoms with van der Waals surface area (Å²) in [5.74, 6) is -0.918. The van der Waals surface area contributed by atoms with E-state index in [-0.39, 0.29) is 52.8 Å². The summed E-state index contributed by atoms with van der Waals surface area (Å²) >= 11 is 6.41. The highest BCUT2D eigenvalue weighted by Crippen LogP contribution is 2.42. The number of anilines is 1. The summed E-state index contributed by atoms with van der Waals surface area (Å²) in [6.07, 6.45) is -5.63. The first-order valence-corrected chi connectivity index (χ1v) is 14.5. The lowest BCUT2D eigenvalue weighted by Gasteiger charge is -2.47. The number of para-hydroxylation sites is 2. The standard InChI is InChI=1S/C33H28ClF4N3O6/c1-21(42)43-16-17-44-31-27(14-9-15-39-31)47-28-19-26(25(35)18-24(28)34)41-30(45-22-10-5-3-6-11-22)20-29(33(36,37)38)40(2)32(41)46-23-12-7-4-8-13-23/h3-15,18-20,30,32H,16-17H2,1-2H3. The topological polar surface area (TPSA) is 82.6 Å². The van der Waals surface area contributed by atoms with Crippen molar-refractivity contribution < 1.29 is 46.0 Å². The minimum Gasteiger partial charge on any atom is -0.471 e. The Balaban J connectivity index is 1.58.